The minimum atomic E-state index is -0.722. The summed E-state index contributed by atoms with van der Waals surface area (Å²) in [5.41, 5.74) is 8.73. The summed E-state index contributed by atoms with van der Waals surface area (Å²) in [7, 11) is 2.06. The van der Waals surface area contributed by atoms with Gasteiger partial charge in [0.1, 0.15) is 0 Å². The van der Waals surface area contributed by atoms with Crippen LogP contribution < -0.4 is 10.5 Å². The Balaban J connectivity index is 2.00. The van der Waals surface area contributed by atoms with Crippen LogP contribution >= 0.6 is 27.5 Å². The van der Waals surface area contributed by atoms with Crippen molar-refractivity contribution in [2.45, 2.75) is 31.2 Å². The molecule has 0 fully saturated rings. The minimum absolute atomic E-state index is 0.0929. The Hall–Kier alpha value is -2.16. The number of carbonyl (C=O) groups is 1. The van der Waals surface area contributed by atoms with E-state index in [0.717, 1.165) is 35.0 Å². The normalized spacial score (nSPS) is 20.5. The number of hydrogen-bond acceptors (Lipinski definition) is 5. The van der Waals surface area contributed by atoms with Gasteiger partial charge < -0.3 is 15.4 Å². The first-order valence-corrected chi connectivity index (χ1v) is 10.8. The van der Waals surface area contributed by atoms with Crippen LogP contribution in [-0.2, 0) is 17.6 Å². The molecule has 2 aromatic rings. The lowest BCUT2D eigenvalue weighted by atomic mass is 9.74. The van der Waals surface area contributed by atoms with Gasteiger partial charge >= 0.3 is 5.69 Å². The monoisotopic (exact) mass is 493 g/mol. The molecule has 1 aliphatic carbocycles. The third kappa shape index (κ3) is 3.57. The molecule has 7 nitrogen and oxygen atoms in total. The first-order chi connectivity index (χ1) is 14.3. The molecule has 0 spiro atoms. The molecule has 1 heterocycles. The highest BCUT2D eigenvalue weighted by atomic mass is 79.9. The summed E-state index contributed by atoms with van der Waals surface area (Å²) in [5, 5.41) is 12.4. The number of amides is 1. The second-order valence-corrected chi connectivity index (χ2v) is 9.00. The van der Waals surface area contributed by atoms with Crippen LogP contribution in [0.5, 0.6) is 5.75 Å². The predicted octanol–water partition coefficient (Wildman–Crippen LogP) is 3.81. The van der Waals surface area contributed by atoms with E-state index in [9.17, 15) is 14.9 Å². The summed E-state index contributed by atoms with van der Waals surface area (Å²) in [4.78, 5) is 25.3. The molecule has 2 aliphatic rings. The van der Waals surface area contributed by atoms with E-state index < -0.39 is 17.4 Å². The van der Waals surface area contributed by atoms with Crippen molar-refractivity contribution in [3.8, 4) is 5.75 Å². The fourth-order valence-corrected chi connectivity index (χ4v) is 5.64. The van der Waals surface area contributed by atoms with Crippen molar-refractivity contribution >= 4 is 39.1 Å². The zero-order valence-electron chi connectivity index (χ0n) is 16.4. The molecule has 158 valence electrons. The summed E-state index contributed by atoms with van der Waals surface area (Å²) in [6.45, 7) is 0.294. The summed E-state index contributed by atoms with van der Waals surface area (Å²) >= 11 is 10.0. The quantitative estimate of drug-likeness (QED) is 0.515. The van der Waals surface area contributed by atoms with E-state index in [-0.39, 0.29) is 28.4 Å². The van der Waals surface area contributed by atoms with Gasteiger partial charge in [-0.15, -0.1) is 0 Å². The maximum Gasteiger partial charge on any atom is 0.316 e. The first kappa shape index (κ1) is 21.1. The van der Waals surface area contributed by atoms with E-state index in [4.69, 9.17) is 22.1 Å². The Morgan fingerprint density at radius 1 is 1.43 bits per heavy atom. The zero-order chi connectivity index (χ0) is 21.6. The van der Waals surface area contributed by atoms with E-state index >= 15 is 0 Å². The van der Waals surface area contributed by atoms with Crippen molar-refractivity contribution in [3.05, 3.63) is 66.1 Å². The lowest BCUT2D eigenvalue weighted by Crippen LogP contribution is -2.39. The SMILES string of the molecule is CN1CCc2cc(Cl)c(OCC(N)=O)c([N+](=O)[O-])c2[C@H]2c3cccc(Br)c3CC[C@@H]21. The Kier molecular flexibility index (Phi) is 5.74. The lowest BCUT2D eigenvalue weighted by Gasteiger charge is -2.38. The Labute approximate surface area is 187 Å². The van der Waals surface area contributed by atoms with Crippen LogP contribution in [-0.4, -0.2) is 42.0 Å². The summed E-state index contributed by atoms with van der Waals surface area (Å²) in [5.74, 6) is -1.02. The van der Waals surface area contributed by atoms with E-state index in [2.05, 4.69) is 27.9 Å². The predicted molar refractivity (Wildman–Crippen MR) is 117 cm³/mol. The number of benzene rings is 2. The van der Waals surface area contributed by atoms with Crippen LogP contribution in [0, 0.1) is 10.1 Å². The highest BCUT2D eigenvalue weighted by molar-refractivity contribution is 9.10. The number of nitro groups is 1. The number of nitro benzene ring substituents is 1. The number of primary amides is 1. The molecular weight excluding hydrogens is 474 g/mol. The number of fused-ring (bicyclic) bond motifs is 5. The third-order valence-corrected chi connectivity index (χ3v) is 7.08. The molecule has 0 bridgehead atoms. The van der Waals surface area contributed by atoms with E-state index in [0.29, 0.717) is 12.0 Å². The highest BCUT2D eigenvalue weighted by Crippen LogP contribution is 2.51. The molecule has 0 radical (unpaired) electrons. The molecule has 1 amide bonds. The number of hydrogen-bond donors (Lipinski definition) is 1. The Morgan fingerprint density at radius 3 is 2.90 bits per heavy atom. The number of halogens is 2. The topological polar surface area (TPSA) is 98.7 Å². The standard InChI is InChI=1S/C21H21BrClN3O4/c1-25-8-7-11-9-15(23)21(30-10-17(24)27)20(26(28)29)18(11)19-13-3-2-4-14(22)12(13)5-6-16(19)25/h2-4,9,16,19H,5-8,10H2,1H3,(H2,24,27)/t16-,19-/m0/s1. The van der Waals surface area contributed by atoms with Gasteiger partial charge in [-0.3, -0.25) is 14.9 Å². The van der Waals surface area contributed by atoms with Crippen LogP contribution in [0.4, 0.5) is 5.69 Å². The molecule has 0 saturated heterocycles. The molecular formula is C21H21BrClN3O4. The second kappa shape index (κ2) is 8.17. The Bertz CT molecular complexity index is 1050. The number of rotatable bonds is 4. The molecule has 0 unspecified atom stereocenters. The first-order valence-electron chi connectivity index (χ1n) is 9.67. The molecule has 0 saturated carbocycles. The maximum absolute atomic E-state index is 12.3. The van der Waals surface area contributed by atoms with Crippen LogP contribution in [0.1, 0.15) is 34.6 Å². The molecule has 1 aliphatic heterocycles. The third-order valence-electron chi connectivity index (χ3n) is 6.05. The van der Waals surface area contributed by atoms with Crippen molar-refractivity contribution < 1.29 is 14.5 Å². The average molecular weight is 495 g/mol. The van der Waals surface area contributed by atoms with Crippen LogP contribution in [0.25, 0.3) is 0 Å². The van der Waals surface area contributed by atoms with Gasteiger partial charge in [-0.05, 0) is 55.1 Å². The number of ether oxygens (including phenoxy) is 1. The summed E-state index contributed by atoms with van der Waals surface area (Å²) in [6.07, 6.45) is 2.41. The van der Waals surface area contributed by atoms with Gasteiger partial charge in [-0.2, -0.15) is 0 Å². The fourth-order valence-electron chi connectivity index (χ4n) is 4.78. The smallest absolute Gasteiger partial charge is 0.316 e. The van der Waals surface area contributed by atoms with Crippen molar-refractivity contribution in [2.75, 3.05) is 20.2 Å². The molecule has 2 atom stereocenters. The fraction of sp³-hybridized carbons (Fsp3) is 0.381. The Morgan fingerprint density at radius 2 is 2.20 bits per heavy atom. The van der Waals surface area contributed by atoms with Crippen molar-refractivity contribution in [1.29, 1.82) is 0 Å². The van der Waals surface area contributed by atoms with Gasteiger partial charge in [0.05, 0.1) is 9.95 Å². The van der Waals surface area contributed by atoms with Crippen molar-refractivity contribution in [1.82, 2.24) is 4.90 Å². The molecule has 0 aromatic heterocycles. The van der Waals surface area contributed by atoms with Gasteiger partial charge in [0.15, 0.2) is 6.61 Å². The van der Waals surface area contributed by atoms with Crippen LogP contribution in [0.3, 0.4) is 0 Å². The number of carbonyl (C=O) groups excluding carboxylic acids is 1. The lowest BCUT2D eigenvalue weighted by molar-refractivity contribution is -0.386. The minimum Gasteiger partial charge on any atom is -0.476 e. The second-order valence-electron chi connectivity index (χ2n) is 7.74. The summed E-state index contributed by atoms with van der Waals surface area (Å²) < 4.78 is 6.45. The number of likely N-dealkylation sites (N-methyl/N-ethyl adjacent to an activating group) is 1. The zero-order valence-corrected chi connectivity index (χ0v) is 18.7. The number of nitrogens with zero attached hydrogens (tertiary/aromatic N) is 2. The highest BCUT2D eigenvalue weighted by Gasteiger charge is 2.42. The molecule has 4 rings (SSSR count). The molecule has 9 heteroatoms. The van der Waals surface area contributed by atoms with Crippen LogP contribution in [0.15, 0.2) is 28.7 Å². The number of nitrogens with two attached hydrogens (primary N) is 1. The van der Waals surface area contributed by atoms with Gasteiger partial charge in [0, 0.05) is 28.5 Å². The summed E-state index contributed by atoms with van der Waals surface area (Å²) in [6, 6.07) is 7.85. The largest absolute Gasteiger partial charge is 0.476 e. The average Bonchev–Trinajstić information content (AvgIpc) is 2.83. The van der Waals surface area contributed by atoms with Gasteiger partial charge in [-0.25, -0.2) is 0 Å². The van der Waals surface area contributed by atoms with Gasteiger partial charge in [-0.1, -0.05) is 39.7 Å². The van der Waals surface area contributed by atoms with Gasteiger partial charge in [0.25, 0.3) is 5.91 Å². The van der Waals surface area contributed by atoms with Crippen molar-refractivity contribution in [3.63, 3.8) is 0 Å². The van der Waals surface area contributed by atoms with Gasteiger partial charge in [0.2, 0.25) is 5.75 Å². The van der Waals surface area contributed by atoms with Crippen molar-refractivity contribution in [2.24, 2.45) is 5.73 Å². The van der Waals surface area contributed by atoms with Crippen LogP contribution in [0.2, 0.25) is 5.02 Å². The molecule has 30 heavy (non-hydrogen) atoms. The molecule has 2 N–H and O–H groups in total. The van der Waals surface area contributed by atoms with E-state index in [1.54, 1.807) is 6.07 Å². The maximum atomic E-state index is 12.3. The molecule has 2 aromatic carbocycles. The van der Waals surface area contributed by atoms with E-state index in [1.165, 1.54) is 5.56 Å². The van der Waals surface area contributed by atoms with E-state index in [1.807, 2.05) is 18.2 Å².